The van der Waals surface area contributed by atoms with Gasteiger partial charge in [0, 0.05) is 50.8 Å². The molecule has 7 heteroatoms. The van der Waals surface area contributed by atoms with Crippen LogP contribution in [0.5, 0.6) is 0 Å². The zero-order valence-corrected chi connectivity index (χ0v) is 16.3. The number of benzene rings is 1. The third-order valence-corrected chi connectivity index (χ3v) is 5.09. The van der Waals surface area contributed by atoms with Crippen molar-refractivity contribution in [2.75, 3.05) is 50.0 Å². The Hall–Kier alpha value is -2.67. The van der Waals surface area contributed by atoms with Crippen molar-refractivity contribution < 1.29 is 0 Å². The van der Waals surface area contributed by atoms with E-state index in [0.29, 0.717) is 5.95 Å². The molecule has 0 spiro atoms. The van der Waals surface area contributed by atoms with Crippen molar-refractivity contribution in [3.05, 3.63) is 30.1 Å². The number of nitrogens with one attached hydrogen (secondary N) is 2. The van der Waals surface area contributed by atoms with Crippen LogP contribution in [-0.4, -0.2) is 64.6 Å². The standard InChI is InChI=1S/C20H27N7/c1-4-5-21-20-22-12-15(13-23-20)19-24-17-11-16(10-14(2)18(17)25-19)27-8-6-26(3)7-9-27/h10-13H,4-9H2,1-3H3,(H,24,25)(H,21,22,23). The van der Waals surface area contributed by atoms with Gasteiger partial charge in [-0.25, -0.2) is 15.0 Å². The summed E-state index contributed by atoms with van der Waals surface area (Å²) in [6.07, 6.45) is 4.68. The average Bonchev–Trinajstić information content (AvgIpc) is 3.12. The van der Waals surface area contributed by atoms with Crippen LogP contribution in [0.3, 0.4) is 0 Å². The molecule has 2 N–H and O–H groups in total. The molecule has 1 aliphatic rings. The van der Waals surface area contributed by atoms with E-state index in [1.54, 1.807) is 0 Å². The summed E-state index contributed by atoms with van der Waals surface area (Å²) >= 11 is 0. The number of nitrogens with zero attached hydrogens (tertiary/aromatic N) is 5. The number of H-pyrrole nitrogens is 1. The minimum absolute atomic E-state index is 0.658. The molecule has 1 aliphatic heterocycles. The lowest BCUT2D eigenvalue weighted by atomic mass is 10.1. The van der Waals surface area contributed by atoms with Gasteiger partial charge in [-0.15, -0.1) is 0 Å². The van der Waals surface area contributed by atoms with Crippen LogP contribution in [0.1, 0.15) is 18.9 Å². The summed E-state index contributed by atoms with van der Waals surface area (Å²) in [5, 5.41) is 3.19. The summed E-state index contributed by atoms with van der Waals surface area (Å²) in [4.78, 5) is 21.8. The molecule has 1 fully saturated rings. The fraction of sp³-hybridized carbons (Fsp3) is 0.450. The first-order valence-electron chi connectivity index (χ1n) is 9.64. The monoisotopic (exact) mass is 365 g/mol. The molecule has 1 aromatic carbocycles. The number of hydrogen-bond donors (Lipinski definition) is 2. The van der Waals surface area contributed by atoms with E-state index in [1.165, 1.54) is 11.3 Å². The summed E-state index contributed by atoms with van der Waals surface area (Å²) < 4.78 is 0. The lowest BCUT2D eigenvalue weighted by Crippen LogP contribution is -2.44. The zero-order chi connectivity index (χ0) is 18.8. The maximum absolute atomic E-state index is 4.79. The Morgan fingerprint density at radius 3 is 2.56 bits per heavy atom. The summed E-state index contributed by atoms with van der Waals surface area (Å²) in [5.41, 5.74) is 5.42. The maximum Gasteiger partial charge on any atom is 0.222 e. The van der Waals surface area contributed by atoms with E-state index in [2.05, 4.69) is 63.1 Å². The maximum atomic E-state index is 4.79. The van der Waals surface area contributed by atoms with Crippen LogP contribution in [0, 0.1) is 6.92 Å². The summed E-state index contributed by atoms with van der Waals surface area (Å²) in [7, 11) is 2.18. The zero-order valence-electron chi connectivity index (χ0n) is 16.3. The van der Waals surface area contributed by atoms with Gasteiger partial charge in [-0.3, -0.25) is 0 Å². The predicted molar refractivity (Wildman–Crippen MR) is 110 cm³/mol. The van der Waals surface area contributed by atoms with Crippen LogP contribution < -0.4 is 10.2 Å². The van der Waals surface area contributed by atoms with E-state index in [9.17, 15) is 0 Å². The summed E-state index contributed by atoms with van der Waals surface area (Å²) in [6, 6.07) is 4.45. The second-order valence-corrected chi connectivity index (χ2v) is 7.26. The Morgan fingerprint density at radius 2 is 1.85 bits per heavy atom. The molecule has 0 radical (unpaired) electrons. The number of fused-ring (bicyclic) bond motifs is 1. The number of aromatic amines is 1. The van der Waals surface area contributed by atoms with Crippen molar-refractivity contribution in [1.82, 2.24) is 24.8 Å². The lowest BCUT2D eigenvalue weighted by molar-refractivity contribution is 0.313. The third-order valence-electron chi connectivity index (χ3n) is 5.09. The SMILES string of the molecule is CCCNc1ncc(-c2nc3c(C)cc(N4CCN(C)CC4)cc3[nH]2)cn1. The number of hydrogen-bond acceptors (Lipinski definition) is 6. The van der Waals surface area contributed by atoms with Crippen LogP contribution in [-0.2, 0) is 0 Å². The van der Waals surface area contributed by atoms with Gasteiger partial charge in [0.15, 0.2) is 0 Å². The topological polar surface area (TPSA) is 73.0 Å². The van der Waals surface area contributed by atoms with Gasteiger partial charge in [-0.1, -0.05) is 6.92 Å². The fourth-order valence-corrected chi connectivity index (χ4v) is 3.43. The molecule has 3 aromatic rings. The Bertz CT molecular complexity index is 908. The average molecular weight is 365 g/mol. The molecule has 3 heterocycles. The third kappa shape index (κ3) is 3.73. The highest BCUT2D eigenvalue weighted by molar-refractivity contribution is 5.85. The first-order chi connectivity index (χ1) is 13.1. The fourth-order valence-electron chi connectivity index (χ4n) is 3.43. The number of aryl methyl sites for hydroxylation is 1. The first-order valence-corrected chi connectivity index (χ1v) is 9.64. The molecule has 27 heavy (non-hydrogen) atoms. The highest BCUT2D eigenvalue weighted by atomic mass is 15.2. The molecule has 2 aromatic heterocycles. The number of aromatic nitrogens is 4. The Morgan fingerprint density at radius 1 is 1.11 bits per heavy atom. The number of likely N-dealkylation sites (N-methyl/N-ethyl adjacent to an activating group) is 1. The smallest absolute Gasteiger partial charge is 0.222 e. The normalized spacial score (nSPS) is 15.4. The number of anilines is 2. The van der Waals surface area contributed by atoms with Crippen LogP contribution in [0.25, 0.3) is 22.4 Å². The van der Waals surface area contributed by atoms with Crippen molar-refractivity contribution in [3.63, 3.8) is 0 Å². The highest BCUT2D eigenvalue weighted by Gasteiger charge is 2.17. The molecule has 0 amide bonds. The Labute approximate surface area is 159 Å². The Kier molecular flexibility index (Phi) is 4.94. The second kappa shape index (κ2) is 7.52. The lowest BCUT2D eigenvalue weighted by Gasteiger charge is -2.34. The number of imidazole rings is 1. The van der Waals surface area contributed by atoms with Gasteiger partial charge in [0.1, 0.15) is 5.82 Å². The second-order valence-electron chi connectivity index (χ2n) is 7.26. The van der Waals surface area contributed by atoms with Crippen LogP contribution in [0.15, 0.2) is 24.5 Å². The van der Waals surface area contributed by atoms with Crippen molar-refractivity contribution >= 4 is 22.7 Å². The van der Waals surface area contributed by atoms with E-state index >= 15 is 0 Å². The van der Waals surface area contributed by atoms with Gasteiger partial charge in [-0.05, 0) is 38.1 Å². The summed E-state index contributed by atoms with van der Waals surface area (Å²) in [6.45, 7) is 9.43. The van der Waals surface area contributed by atoms with Gasteiger partial charge in [-0.2, -0.15) is 0 Å². The van der Waals surface area contributed by atoms with Gasteiger partial charge in [0.25, 0.3) is 0 Å². The van der Waals surface area contributed by atoms with Crippen molar-refractivity contribution in [2.24, 2.45) is 0 Å². The van der Waals surface area contributed by atoms with Crippen LogP contribution >= 0.6 is 0 Å². The molecule has 0 aliphatic carbocycles. The molecular formula is C20H27N7. The van der Waals surface area contributed by atoms with Crippen LogP contribution in [0.2, 0.25) is 0 Å². The highest BCUT2D eigenvalue weighted by Crippen LogP contribution is 2.28. The van der Waals surface area contributed by atoms with Crippen molar-refractivity contribution in [2.45, 2.75) is 20.3 Å². The molecule has 142 valence electrons. The Balaban J connectivity index is 1.61. The molecule has 0 atom stereocenters. The molecule has 0 bridgehead atoms. The van der Waals surface area contributed by atoms with E-state index in [0.717, 1.165) is 61.6 Å². The summed E-state index contributed by atoms with van der Waals surface area (Å²) in [5.74, 6) is 1.47. The first kappa shape index (κ1) is 17.7. The predicted octanol–water partition coefficient (Wildman–Crippen LogP) is 2.90. The minimum Gasteiger partial charge on any atom is -0.369 e. The number of rotatable bonds is 5. The minimum atomic E-state index is 0.658. The molecule has 1 saturated heterocycles. The number of piperazine rings is 1. The van der Waals surface area contributed by atoms with E-state index < -0.39 is 0 Å². The van der Waals surface area contributed by atoms with Crippen LogP contribution in [0.4, 0.5) is 11.6 Å². The quantitative estimate of drug-likeness (QED) is 0.724. The van der Waals surface area contributed by atoms with Gasteiger partial charge in [0.2, 0.25) is 5.95 Å². The van der Waals surface area contributed by atoms with E-state index in [4.69, 9.17) is 4.98 Å². The molecule has 7 nitrogen and oxygen atoms in total. The van der Waals surface area contributed by atoms with Crippen molar-refractivity contribution in [3.8, 4) is 11.4 Å². The molecule has 4 rings (SSSR count). The molecular weight excluding hydrogens is 338 g/mol. The van der Waals surface area contributed by atoms with Gasteiger partial charge >= 0.3 is 0 Å². The molecule has 0 unspecified atom stereocenters. The molecule has 0 saturated carbocycles. The largest absolute Gasteiger partial charge is 0.369 e. The van der Waals surface area contributed by atoms with Gasteiger partial charge in [0.05, 0.1) is 16.6 Å². The van der Waals surface area contributed by atoms with Gasteiger partial charge < -0.3 is 20.1 Å². The van der Waals surface area contributed by atoms with E-state index in [-0.39, 0.29) is 0 Å². The van der Waals surface area contributed by atoms with E-state index in [1.807, 2.05) is 12.4 Å². The van der Waals surface area contributed by atoms with Crippen molar-refractivity contribution in [1.29, 1.82) is 0 Å².